The first-order valence-electron chi connectivity index (χ1n) is 6.76. The molecule has 1 amide bonds. The van der Waals surface area contributed by atoms with Crippen molar-refractivity contribution in [3.63, 3.8) is 0 Å². The molecule has 1 heterocycles. The van der Waals surface area contributed by atoms with Crippen molar-refractivity contribution in [1.29, 1.82) is 0 Å². The van der Waals surface area contributed by atoms with E-state index >= 15 is 0 Å². The summed E-state index contributed by atoms with van der Waals surface area (Å²) >= 11 is 0. The molecule has 1 N–H and O–H groups in total. The molecule has 4 heteroatoms. The average Bonchev–Trinajstić information content (AvgIpc) is 2.62. The van der Waals surface area contributed by atoms with Gasteiger partial charge in [0, 0.05) is 19.8 Å². The minimum absolute atomic E-state index is 0.00879. The van der Waals surface area contributed by atoms with E-state index in [0.717, 1.165) is 32.6 Å². The molecule has 0 aromatic rings. The van der Waals surface area contributed by atoms with Crippen LogP contribution in [0.25, 0.3) is 0 Å². The van der Waals surface area contributed by atoms with Crippen molar-refractivity contribution in [3.8, 4) is 0 Å². The van der Waals surface area contributed by atoms with Gasteiger partial charge >= 0.3 is 0 Å². The number of carbonyl (C=O) groups is 1. The van der Waals surface area contributed by atoms with Gasteiger partial charge in [-0.15, -0.1) is 0 Å². The number of nitrogens with one attached hydrogen (secondary N) is 1. The van der Waals surface area contributed by atoms with Crippen LogP contribution in [0.1, 0.15) is 40.5 Å². The van der Waals surface area contributed by atoms with Crippen molar-refractivity contribution in [3.05, 3.63) is 0 Å². The zero-order valence-corrected chi connectivity index (χ0v) is 11.5. The molecule has 4 nitrogen and oxygen atoms in total. The maximum Gasteiger partial charge on any atom is 0.241 e. The van der Waals surface area contributed by atoms with Gasteiger partial charge in [-0.3, -0.25) is 10.1 Å². The average molecular weight is 242 g/mol. The van der Waals surface area contributed by atoms with Gasteiger partial charge < -0.3 is 9.64 Å². The van der Waals surface area contributed by atoms with Gasteiger partial charge in [-0.1, -0.05) is 20.8 Å². The summed E-state index contributed by atoms with van der Waals surface area (Å²) in [5.41, 5.74) is 0. The van der Waals surface area contributed by atoms with E-state index in [1.807, 2.05) is 11.8 Å². The fourth-order valence-corrected chi connectivity index (χ4v) is 2.28. The molecule has 2 unspecified atom stereocenters. The first-order valence-corrected chi connectivity index (χ1v) is 6.76. The molecule has 0 aromatic carbocycles. The summed E-state index contributed by atoms with van der Waals surface area (Å²) in [6.07, 6.45) is 1.97. The summed E-state index contributed by atoms with van der Waals surface area (Å²) in [5, 5.41) is 3.42. The first kappa shape index (κ1) is 14.5. The minimum atomic E-state index is 0.00879. The van der Waals surface area contributed by atoms with Crippen molar-refractivity contribution in [2.75, 3.05) is 19.8 Å². The van der Waals surface area contributed by atoms with Crippen LogP contribution in [0.5, 0.6) is 0 Å². The highest BCUT2D eigenvalue weighted by molar-refractivity contribution is 5.84. The molecule has 1 rings (SSSR count). The molecule has 17 heavy (non-hydrogen) atoms. The standard InChI is InChI=1S/C13H26N2O2/c1-5-11-13(16)15(8-7-9-17-6-2)12(14-11)10(3)4/h10-12,14H,5-9H2,1-4H3. The van der Waals surface area contributed by atoms with Gasteiger partial charge in [-0.2, -0.15) is 0 Å². The Morgan fingerprint density at radius 2 is 2.12 bits per heavy atom. The molecule has 2 atom stereocenters. The molecule has 100 valence electrons. The molecule has 0 aromatic heterocycles. The second-order valence-electron chi connectivity index (χ2n) is 4.90. The second kappa shape index (κ2) is 6.97. The van der Waals surface area contributed by atoms with Gasteiger partial charge in [0.1, 0.15) is 0 Å². The number of hydrogen-bond acceptors (Lipinski definition) is 3. The van der Waals surface area contributed by atoms with E-state index in [9.17, 15) is 4.79 Å². The lowest BCUT2D eigenvalue weighted by molar-refractivity contribution is -0.130. The van der Waals surface area contributed by atoms with E-state index < -0.39 is 0 Å². The van der Waals surface area contributed by atoms with Crippen molar-refractivity contribution in [2.24, 2.45) is 5.92 Å². The zero-order valence-electron chi connectivity index (χ0n) is 11.5. The molecule has 0 radical (unpaired) electrons. The molecule has 0 saturated carbocycles. The smallest absolute Gasteiger partial charge is 0.241 e. The number of amides is 1. The van der Waals surface area contributed by atoms with Crippen LogP contribution in [0, 0.1) is 5.92 Å². The summed E-state index contributed by atoms with van der Waals surface area (Å²) < 4.78 is 5.32. The highest BCUT2D eigenvalue weighted by Crippen LogP contribution is 2.19. The van der Waals surface area contributed by atoms with Crippen LogP contribution < -0.4 is 5.32 Å². The van der Waals surface area contributed by atoms with Gasteiger partial charge in [0.2, 0.25) is 5.91 Å². The predicted octanol–water partition coefficient (Wildman–Crippen LogP) is 1.61. The fraction of sp³-hybridized carbons (Fsp3) is 0.923. The van der Waals surface area contributed by atoms with Gasteiger partial charge in [-0.05, 0) is 25.7 Å². The molecule has 1 fully saturated rings. The van der Waals surface area contributed by atoms with E-state index in [0.29, 0.717) is 5.92 Å². The van der Waals surface area contributed by atoms with Crippen LogP contribution in [-0.4, -0.2) is 42.8 Å². The molecule has 1 aliphatic heterocycles. The molecule has 1 saturated heterocycles. The Balaban J connectivity index is 2.50. The normalized spacial score (nSPS) is 25.0. The summed E-state index contributed by atoms with van der Waals surface area (Å²) in [4.78, 5) is 14.1. The topological polar surface area (TPSA) is 41.6 Å². The Hall–Kier alpha value is -0.610. The van der Waals surface area contributed by atoms with Crippen LogP contribution in [0.15, 0.2) is 0 Å². The molecule has 0 spiro atoms. The number of hydrogen-bond donors (Lipinski definition) is 1. The fourth-order valence-electron chi connectivity index (χ4n) is 2.28. The maximum absolute atomic E-state index is 12.1. The maximum atomic E-state index is 12.1. The monoisotopic (exact) mass is 242 g/mol. The van der Waals surface area contributed by atoms with Crippen LogP contribution in [0.3, 0.4) is 0 Å². The number of nitrogens with zero attached hydrogens (tertiary/aromatic N) is 1. The van der Waals surface area contributed by atoms with Crippen molar-refractivity contribution >= 4 is 5.91 Å². The number of rotatable bonds is 7. The quantitative estimate of drug-likeness (QED) is 0.690. The van der Waals surface area contributed by atoms with Crippen LogP contribution in [0.2, 0.25) is 0 Å². The Labute approximate surface area is 105 Å². The Morgan fingerprint density at radius 3 is 2.65 bits per heavy atom. The predicted molar refractivity (Wildman–Crippen MR) is 68.7 cm³/mol. The molecule has 1 aliphatic rings. The van der Waals surface area contributed by atoms with Gasteiger partial charge in [0.25, 0.3) is 0 Å². The Morgan fingerprint density at radius 1 is 1.41 bits per heavy atom. The SMILES string of the molecule is CCOCCCN1C(=O)C(CC)NC1C(C)C. The van der Waals surface area contributed by atoms with Gasteiger partial charge in [-0.25, -0.2) is 0 Å². The first-order chi connectivity index (χ1) is 8.11. The molecule has 0 aliphatic carbocycles. The minimum Gasteiger partial charge on any atom is -0.382 e. The van der Waals surface area contributed by atoms with Crippen LogP contribution >= 0.6 is 0 Å². The van der Waals surface area contributed by atoms with E-state index in [4.69, 9.17) is 4.74 Å². The third-order valence-corrected chi connectivity index (χ3v) is 3.22. The summed E-state index contributed by atoms with van der Waals surface area (Å²) in [6, 6.07) is 0.00879. The molecule has 0 bridgehead atoms. The van der Waals surface area contributed by atoms with E-state index in [-0.39, 0.29) is 18.1 Å². The molecular formula is C13H26N2O2. The number of ether oxygens (including phenoxy) is 1. The van der Waals surface area contributed by atoms with Crippen LogP contribution in [0.4, 0.5) is 0 Å². The molecular weight excluding hydrogens is 216 g/mol. The second-order valence-corrected chi connectivity index (χ2v) is 4.90. The van der Waals surface area contributed by atoms with Crippen molar-refractivity contribution < 1.29 is 9.53 Å². The Kier molecular flexibility index (Phi) is 5.92. The van der Waals surface area contributed by atoms with E-state index in [1.54, 1.807) is 0 Å². The van der Waals surface area contributed by atoms with Gasteiger partial charge in [0.15, 0.2) is 0 Å². The lowest BCUT2D eigenvalue weighted by atomic mass is 10.1. The summed E-state index contributed by atoms with van der Waals surface area (Å²) in [5.74, 6) is 0.699. The van der Waals surface area contributed by atoms with Crippen molar-refractivity contribution in [1.82, 2.24) is 10.2 Å². The van der Waals surface area contributed by atoms with Gasteiger partial charge in [0.05, 0.1) is 12.2 Å². The third-order valence-electron chi connectivity index (χ3n) is 3.22. The lowest BCUT2D eigenvalue weighted by Crippen LogP contribution is -2.42. The zero-order chi connectivity index (χ0) is 12.8. The van der Waals surface area contributed by atoms with E-state index in [1.165, 1.54) is 0 Å². The number of carbonyl (C=O) groups excluding carboxylic acids is 1. The largest absolute Gasteiger partial charge is 0.382 e. The summed E-state index contributed by atoms with van der Waals surface area (Å²) in [7, 11) is 0. The highest BCUT2D eigenvalue weighted by Gasteiger charge is 2.38. The highest BCUT2D eigenvalue weighted by atomic mass is 16.5. The third kappa shape index (κ3) is 3.68. The van der Waals surface area contributed by atoms with Crippen molar-refractivity contribution in [2.45, 2.75) is 52.7 Å². The Bertz CT molecular complexity index is 244. The van der Waals surface area contributed by atoms with Crippen LogP contribution in [-0.2, 0) is 9.53 Å². The van der Waals surface area contributed by atoms with E-state index in [2.05, 4.69) is 26.1 Å². The summed E-state index contributed by atoms with van der Waals surface area (Å²) in [6.45, 7) is 10.6. The lowest BCUT2D eigenvalue weighted by Gasteiger charge is -2.27.